The second kappa shape index (κ2) is 7.05. The van der Waals surface area contributed by atoms with Crippen LogP contribution in [0.5, 0.6) is 0 Å². The summed E-state index contributed by atoms with van der Waals surface area (Å²) in [4.78, 5) is 15.0. The van der Waals surface area contributed by atoms with Crippen LogP contribution in [0.4, 0.5) is 14.6 Å². The third-order valence-corrected chi connectivity index (χ3v) is 5.27. The van der Waals surface area contributed by atoms with E-state index in [1.165, 1.54) is 23.0 Å². The summed E-state index contributed by atoms with van der Waals surface area (Å²) in [5, 5.41) is 14.4. The van der Waals surface area contributed by atoms with Crippen LogP contribution in [-0.4, -0.2) is 48.4 Å². The van der Waals surface area contributed by atoms with Gasteiger partial charge in [0.25, 0.3) is 6.43 Å². The summed E-state index contributed by atoms with van der Waals surface area (Å²) in [6.45, 7) is 5.19. The Kier molecular flexibility index (Phi) is 4.70. The van der Waals surface area contributed by atoms with Gasteiger partial charge < -0.3 is 10.0 Å². The molecule has 0 bridgehead atoms. The summed E-state index contributed by atoms with van der Waals surface area (Å²) < 4.78 is 27.4. The Hall–Kier alpha value is -2.68. The number of anilines is 1. The molecular weight excluding hydrogens is 366 g/mol. The lowest BCUT2D eigenvalue weighted by Gasteiger charge is -2.39. The van der Waals surface area contributed by atoms with Gasteiger partial charge in [0, 0.05) is 25.1 Å². The summed E-state index contributed by atoms with van der Waals surface area (Å²) in [5.74, 6) is 0.879. The summed E-state index contributed by atoms with van der Waals surface area (Å²) >= 11 is 0. The number of aromatic nitrogens is 5. The second-order valence-electron chi connectivity index (χ2n) is 7.67. The van der Waals surface area contributed by atoms with Crippen molar-refractivity contribution >= 4 is 11.5 Å². The molecule has 4 heterocycles. The monoisotopic (exact) mass is 388 g/mol. The van der Waals surface area contributed by atoms with Crippen molar-refractivity contribution in [1.29, 1.82) is 0 Å². The molecule has 9 heteroatoms. The lowest BCUT2D eigenvalue weighted by Crippen LogP contribution is -2.45. The molecule has 1 unspecified atom stereocenters. The van der Waals surface area contributed by atoms with Gasteiger partial charge in [-0.2, -0.15) is 5.10 Å². The number of imidazole rings is 1. The molecule has 148 valence electrons. The molecule has 1 atom stereocenters. The van der Waals surface area contributed by atoms with Crippen LogP contribution >= 0.6 is 0 Å². The highest BCUT2D eigenvalue weighted by atomic mass is 19.3. The number of nitrogens with zero attached hydrogens (tertiary/aromatic N) is 6. The van der Waals surface area contributed by atoms with E-state index in [9.17, 15) is 13.9 Å². The van der Waals surface area contributed by atoms with Crippen LogP contribution in [0.3, 0.4) is 0 Å². The Morgan fingerprint density at radius 1 is 1.21 bits per heavy atom. The smallest absolute Gasteiger partial charge is 0.282 e. The number of fused-ring (bicyclic) bond motifs is 1. The van der Waals surface area contributed by atoms with E-state index in [1.54, 1.807) is 6.20 Å². The zero-order valence-electron chi connectivity index (χ0n) is 15.8. The first-order valence-electron chi connectivity index (χ1n) is 9.25. The van der Waals surface area contributed by atoms with Gasteiger partial charge in [-0.3, -0.25) is 0 Å². The summed E-state index contributed by atoms with van der Waals surface area (Å²) in [5.41, 5.74) is 0.481. The Balaban J connectivity index is 1.68. The molecule has 1 aliphatic rings. The number of aliphatic hydroxyl groups is 1. The van der Waals surface area contributed by atoms with Gasteiger partial charge in [0.2, 0.25) is 0 Å². The first-order chi connectivity index (χ1) is 13.3. The molecule has 0 saturated carbocycles. The third kappa shape index (κ3) is 3.54. The molecule has 0 amide bonds. The highest BCUT2D eigenvalue weighted by Crippen LogP contribution is 2.30. The van der Waals surface area contributed by atoms with Crippen molar-refractivity contribution in [3.05, 3.63) is 36.4 Å². The van der Waals surface area contributed by atoms with Crippen LogP contribution in [0.2, 0.25) is 0 Å². The second-order valence-corrected chi connectivity index (χ2v) is 7.67. The topological polar surface area (TPSA) is 79.4 Å². The predicted octanol–water partition coefficient (Wildman–Crippen LogP) is 3.11. The van der Waals surface area contributed by atoms with Crippen LogP contribution < -0.4 is 4.90 Å². The minimum Gasteiger partial charge on any atom is -0.390 e. The Morgan fingerprint density at radius 3 is 2.79 bits per heavy atom. The molecule has 28 heavy (non-hydrogen) atoms. The van der Waals surface area contributed by atoms with Crippen molar-refractivity contribution in [2.75, 3.05) is 18.0 Å². The molecule has 4 rings (SSSR count). The first kappa shape index (κ1) is 18.7. The maximum Gasteiger partial charge on any atom is 0.282 e. The van der Waals surface area contributed by atoms with E-state index in [1.807, 2.05) is 19.9 Å². The third-order valence-electron chi connectivity index (χ3n) is 5.27. The Bertz CT molecular complexity index is 984. The molecule has 3 aromatic heterocycles. The van der Waals surface area contributed by atoms with Gasteiger partial charge in [0.15, 0.2) is 5.65 Å². The van der Waals surface area contributed by atoms with Crippen LogP contribution in [-0.2, 0) is 0 Å². The molecule has 1 N–H and O–H groups in total. The van der Waals surface area contributed by atoms with Crippen LogP contribution in [0.1, 0.15) is 38.8 Å². The van der Waals surface area contributed by atoms with Crippen molar-refractivity contribution in [1.82, 2.24) is 24.6 Å². The molecule has 1 fully saturated rings. The normalized spacial score (nSPS) is 18.2. The van der Waals surface area contributed by atoms with Crippen LogP contribution in [0.15, 0.2) is 30.7 Å². The average Bonchev–Trinajstić information content (AvgIpc) is 3.11. The maximum absolute atomic E-state index is 13.0. The van der Waals surface area contributed by atoms with E-state index in [4.69, 9.17) is 0 Å². The lowest BCUT2D eigenvalue weighted by molar-refractivity contribution is 0.0109. The van der Waals surface area contributed by atoms with Gasteiger partial charge in [-0.15, -0.1) is 0 Å². The van der Waals surface area contributed by atoms with Crippen LogP contribution in [0.25, 0.3) is 17.0 Å². The minimum atomic E-state index is -2.66. The molecule has 0 spiro atoms. The fraction of sp³-hybridized carbons (Fsp3) is 0.474. The Morgan fingerprint density at radius 2 is 2.04 bits per heavy atom. The van der Waals surface area contributed by atoms with Crippen molar-refractivity contribution in [2.45, 2.75) is 38.7 Å². The molecule has 1 aliphatic heterocycles. The standard InChI is InChI=1S/C19H22F2N6O/c1-19(2,28)12-4-3-7-26(10-12)17-8-14(23-11-24-17)15-9-22-16-6-5-13(18(20)21)25-27(15)16/h5-6,8-9,11-12,18,28H,3-4,7,10H2,1-2H3. The zero-order valence-corrected chi connectivity index (χ0v) is 15.8. The number of hydrogen-bond acceptors (Lipinski definition) is 6. The molecule has 3 aromatic rings. The summed E-state index contributed by atoms with van der Waals surface area (Å²) in [6, 6.07) is 4.60. The van der Waals surface area contributed by atoms with E-state index < -0.39 is 12.0 Å². The molecular formula is C19H22F2N6O. The highest BCUT2D eigenvalue weighted by Gasteiger charge is 2.32. The number of rotatable bonds is 4. The van der Waals surface area contributed by atoms with Crippen LogP contribution in [0, 0.1) is 5.92 Å². The van der Waals surface area contributed by atoms with E-state index in [0.717, 1.165) is 25.2 Å². The average molecular weight is 388 g/mol. The quantitative estimate of drug-likeness (QED) is 0.740. The molecule has 1 saturated heterocycles. The van der Waals surface area contributed by atoms with Gasteiger partial charge in [-0.1, -0.05) is 0 Å². The van der Waals surface area contributed by atoms with Gasteiger partial charge in [0.1, 0.15) is 23.5 Å². The Labute approximate surface area is 161 Å². The number of alkyl halides is 2. The molecule has 7 nitrogen and oxygen atoms in total. The van der Waals surface area contributed by atoms with Crippen molar-refractivity contribution in [2.24, 2.45) is 5.92 Å². The zero-order chi connectivity index (χ0) is 19.9. The maximum atomic E-state index is 13.0. The van der Waals surface area contributed by atoms with E-state index in [0.29, 0.717) is 23.6 Å². The fourth-order valence-corrected chi connectivity index (χ4v) is 3.60. The number of piperidine rings is 1. The predicted molar refractivity (Wildman–Crippen MR) is 100 cm³/mol. The largest absolute Gasteiger partial charge is 0.390 e. The molecule has 0 aliphatic carbocycles. The number of hydrogen-bond donors (Lipinski definition) is 1. The van der Waals surface area contributed by atoms with Gasteiger partial charge in [0.05, 0.1) is 17.5 Å². The van der Waals surface area contributed by atoms with E-state index in [-0.39, 0.29) is 11.6 Å². The van der Waals surface area contributed by atoms with Crippen molar-refractivity contribution < 1.29 is 13.9 Å². The minimum absolute atomic E-state index is 0.144. The van der Waals surface area contributed by atoms with E-state index in [2.05, 4.69) is 25.0 Å². The lowest BCUT2D eigenvalue weighted by atomic mass is 9.84. The first-order valence-corrected chi connectivity index (χ1v) is 9.25. The SMILES string of the molecule is CC(C)(O)C1CCCN(c2cc(-c3cnc4ccc(C(F)F)nn34)ncn2)C1. The number of halogens is 2. The van der Waals surface area contributed by atoms with E-state index >= 15 is 0 Å². The van der Waals surface area contributed by atoms with Gasteiger partial charge >= 0.3 is 0 Å². The van der Waals surface area contributed by atoms with Gasteiger partial charge in [-0.25, -0.2) is 28.2 Å². The fourth-order valence-electron chi connectivity index (χ4n) is 3.60. The summed E-state index contributed by atoms with van der Waals surface area (Å²) in [6.07, 6.45) is 2.29. The molecule has 0 radical (unpaired) electrons. The molecule has 0 aromatic carbocycles. The van der Waals surface area contributed by atoms with Crippen molar-refractivity contribution in [3.8, 4) is 11.4 Å². The highest BCUT2D eigenvalue weighted by molar-refractivity contribution is 5.62. The summed E-state index contributed by atoms with van der Waals surface area (Å²) in [7, 11) is 0. The van der Waals surface area contributed by atoms with Gasteiger partial charge in [-0.05, 0) is 38.8 Å². The van der Waals surface area contributed by atoms with Crippen molar-refractivity contribution in [3.63, 3.8) is 0 Å².